The number of rotatable bonds is 8. The van der Waals surface area contributed by atoms with E-state index in [1.165, 1.54) is 5.56 Å². The quantitative estimate of drug-likeness (QED) is 0.313. The largest absolute Gasteiger partial charge is 0.377 e. The predicted octanol–water partition coefficient (Wildman–Crippen LogP) is 5.38. The van der Waals surface area contributed by atoms with Gasteiger partial charge >= 0.3 is 0 Å². The molecule has 2 fully saturated rings. The molecule has 2 heterocycles. The van der Waals surface area contributed by atoms with E-state index in [2.05, 4.69) is 22.3 Å². The first kappa shape index (κ1) is 24.1. The molecule has 0 N–H and O–H groups in total. The third-order valence-corrected chi connectivity index (χ3v) is 9.74. The Morgan fingerprint density at radius 2 is 1.73 bits per heavy atom. The van der Waals surface area contributed by atoms with Gasteiger partial charge in [-0.05, 0) is 55.2 Å². The van der Waals surface area contributed by atoms with Crippen LogP contribution < -0.4 is 4.90 Å². The van der Waals surface area contributed by atoms with Crippen LogP contribution in [0.1, 0.15) is 49.0 Å². The summed E-state index contributed by atoms with van der Waals surface area (Å²) < 4.78 is 35.7. The van der Waals surface area contributed by atoms with Gasteiger partial charge in [-0.25, -0.2) is 8.42 Å². The molecule has 192 valence electrons. The first-order valence-electron chi connectivity index (χ1n) is 12.9. The molecule has 37 heavy (non-hydrogen) atoms. The zero-order valence-electron chi connectivity index (χ0n) is 21.3. The Bertz CT molecular complexity index is 1530. The second-order valence-corrected chi connectivity index (χ2v) is 12.5. The molecule has 1 aliphatic heterocycles. The lowest BCUT2D eigenvalue weighted by atomic mass is 10.0. The number of anilines is 1. The van der Waals surface area contributed by atoms with Crippen molar-refractivity contribution >= 4 is 26.5 Å². The second-order valence-electron chi connectivity index (χ2n) is 10.7. The fraction of sp³-hybridized carbons (Fsp3) is 0.379. The maximum absolute atomic E-state index is 14.2. The van der Waals surface area contributed by atoms with Crippen molar-refractivity contribution in [3.63, 3.8) is 0 Å². The molecule has 1 aromatic heterocycles. The number of hydrogen-bond donors (Lipinski definition) is 0. The van der Waals surface area contributed by atoms with Gasteiger partial charge in [0.15, 0.2) is 5.82 Å². The average molecular weight is 517 g/mol. The molecule has 4 aromatic rings. The van der Waals surface area contributed by atoms with Crippen molar-refractivity contribution in [3.05, 3.63) is 84.0 Å². The standard InChI is InChI=1S/C29H32N4O3S/c1-32(2)24-14-7-13-23-22(24)12-8-15-26(23)37(34,35)33-20-29(17-18-29)19-25(33)28-30-27(31-36-28)16-6-11-21-9-4-3-5-10-21/h3-5,7-10,12-15,25H,6,11,16-20H2,1-2H3/t25-/m0/s1. The molecule has 1 saturated heterocycles. The second kappa shape index (κ2) is 9.26. The topological polar surface area (TPSA) is 79.5 Å². The number of aromatic nitrogens is 2. The van der Waals surface area contributed by atoms with Gasteiger partial charge in [0.25, 0.3) is 0 Å². The van der Waals surface area contributed by atoms with Crippen LogP contribution in [0.25, 0.3) is 10.8 Å². The third kappa shape index (κ3) is 4.53. The van der Waals surface area contributed by atoms with E-state index in [0.717, 1.165) is 48.6 Å². The summed E-state index contributed by atoms with van der Waals surface area (Å²) in [5.41, 5.74) is 2.30. The summed E-state index contributed by atoms with van der Waals surface area (Å²) in [7, 11) is 0.144. The van der Waals surface area contributed by atoms with Crippen LogP contribution in [0.4, 0.5) is 5.69 Å². The predicted molar refractivity (Wildman–Crippen MR) is 144 cm³/mol. The van der Waals surface area contributed by atoms with Gasteiger partial charge in [0.05, 0.1) is 4.90 Å². The van der Waals surface area contributed by atoms with Crippen molar-refractivity contribution in [1.29, 1.82) is 0 Å². The highest BCUT2D eigenvalue weighted by molar-refractivity contribution is 7.89. The van der Waals surface area contributed by atoms with Crippen LogP contribution in [0.5, 0.6) is 0 Å². The minimum atomic E-state index is -3.79. The van der Waals surface area contributed by atoms with Gasteiger partial charge in [-0.2, -0.15) is 9.29 Å². The van der Waals surface area contributed by atoms with Crippen LogP contribution in [0.15, 0.2) is 76.1 Å². The van der Waals surface area contributed by atoms with Gasteiger partial charge in [-0.15, -0.1) is 0 Å². The average Bonchev–Trinajstić information content (AvgIpc) is 3.30. The summed E-state index contributed by atoms with van der Waals surface area (Å²) in [6, 6.07) is 21.3. The summed E-state index contributed by atoms with van der Waals surface area (Å²) in [5.74, 6) is 1.05. The lowest BCUT2D eigenvalue weighted by molar-refractivity contribution is 0.289. The molecule has 1 aliphatic carbocycles. The van der Waals surface area contributed by atoms with Gasteiger partial charge in [-0.1, -0.05) is 59.8 Å². The highest BCUT2D eigenvalue weighted by Crippen LogP contribution is 2.59. The van der Waals surface area contributed by atoms with Gasteiger partial charge in [0.2, 0.25) is 15.9 Å². The Balaban J connectivity index is 1.28. The summed E-state index contributed by atoms with van der Waals surface area (Å²) in [6.07, 6.45) is 5.34. The Morgan fingerprint density at radius 1 is 0.973 bits per heavy atom. The fourth-order valence-corrected chi connectivity index (χ4v) is 7.53. The molecule has 8 heteroatoms. The Labute approximate surface area is 218 Å². The molecule has 3 aromatic carbocycles. The fourth-order valence-electron chi connectivity index (χ4n) is 5.62. The first-order valence-corrected chi connectivity index (χ1v) is 14.4. The SMILES string of the molecule is CN(C)c1cccc2c(S(=O)(=O)N3CC4(CC4)C[C@H]3c3nc(CCCc4ccccc4)no3)cccc12. The molecule has 1 atom stereocenters. The number of hydrogen-bond acceptors (Lipinski definition) is 6. The number of benzene rings is 3. The van der Waals surface area contributed by atoms with E-state index >= 15 is 0 Å². The van der Waals surface area contributed by atoms with Gasteiger partial charge in [0.1, 0.15) is 6.04 Å². The summed E-state index contributed by atoms with van der Waals surface area (Å²) in [5, 5.41) is 5.87. The molecule has 0 unspecified atom stereocenters. The minimum absolute atomic E-state index is 0.0268. The van der Waals surface area contributed by atoms with E-state index in [1.807, 2.05) is 67.5 Å². The molecule has 6 rings (SSSR count). The van der Waals surface area contributed by atoms with Gasteiger partial charge in [-0.3, -0.25) is 0 Å². The number of fused-ring (bicyclic) bond motifs is 1. The highest BCUT2D eigenvalue weighted by Gasteiger charge is 2.57. The van der Waals surface area contributed by atoms with Crippen LogP contribution >= 0.6 is 0 Å². The van der Waals surface area contributed by atoms with Crippen LogP contribution in [-0.4, -0.2) is 43.5 Å². The Kier molecular flexibility index (Phi) is 6.04. The molecular formula is C29H32N4O3S. The Hall–Kier alpha value is -3.23. The molecule has 0 radical (unpaired) electrons. The van der Waals surface area contributed by atoms with Crippen LogP contribution in [0, 0.1) is 5.41 Å². The van der Waals surface area contributed by atoms with E-state index in [0.29, 0.717) is 29.6 Å². The molecule has 7 nitrogen and oxygen atoms in total. The van der Waals surface area contributed by atoms with Crippen LogP contribution in [0.3, 0.4) is 0 Å². The van der Waals surface area contributed by atoms with Crippen LogP contribution in [0.2, 0.25) is 0 Å². The Morgan fingerprint density at radius 3 is 2.49 bits per heavy atom. The monoisotopic (exact) mass is 516 g/mol. The van der Waals surface area contributed by atoms with E-state index in [4.69, 9.17) is 4.52 Å². The lowest BCUT2D eigenvalue weighted by Crippen LogP contribution is -2.32. The van der Waals surface area contributed by atoms with Crippen molar-refractivity contribution < 1.29 is 12.9 Å². The molecule has 0 bridgehead atoms. The van der Waals surface area contributed by atoms with Crippen molar-refractivity contribution in [2.45, 2.75) is 49.5 Å². The third-order valence-electron chi connectivity index (χ3n) is 7.83. The molecule has 2 aliphatic rings. The molecular weight excluding hydrogens is 484 g/mol. The van der Waals surface area contributed by atoms with E-state index in [1.54, 1.807) is 10.4 Å². The van der Waals surface area contributed by atoms with Gasteiger partial charge in [0, 0.05) is 43.5 Å². The zero-order chi connectivity index (χ0) is 25.6. The van der Waals surface area contributed by atoms with Crippen molar-refractivity contribution in [1.82, 2.24) is 14.4 Å². The minimum Gasteiger partial charge on any atom is -0.377 e. The molecule has 0 amide bonds. The molecule has 1 saturated carbocycles. The summed E-state index contributed by atoms with van der Waals surface area (Å²) in [6.45, 7) is 0.496. The van der Waals surface area contributed by atoms with Crippen molar-refractivity contribution in [3.8, 4) is 0 Å². The maximum atomic E-state index is 14.2. The maximum Gasteiger partial charge on any atom is 0.245 e. The smallest absolute Gasteiger partial charge is 0.245 e. The number of nitrogens with zero attached hydrogens (tertiary/aromatic N) is 4. The van der Waals surface area contributed by atoms with Crippen LogP contribution in [-0.2, 0) is 22.9 Å². The van der Waals surface area contributed by atoms with E-state index < -0.39 is 16.1 Å². The number of aryl methyl sites for hydroxylation is 2. The van der Waals surface area contributed by atoms with E-state index in [-0.39, 0.29) is 5.41 Å². The summed E-state index contributed by atoms with van der Waals surface area (Å²) >= 11 is 0. The van der Waals surface area contributed by atoms with Crippen molar-refractivity contribution in [2.24, 2.45) is 5.41 Å². The normalized spacial score (nSPS) is 19.0. The number of sulfonamides is 1. The molecule has 1 spiro atoms. The first-order chi connectivity index (χ1) is 17.9. The van der Waals surface area contributed by atoms with Gasteiger partial charge < -0.3 is 9.42 Å². The van der Waals surface area contributed by atoms with E-state index in [9.17, 15) is 8.42 Å². The highest BCUT2D eigenvalue weighted by atomic mass is 32.2. The lowest BCUT2D eigenvalue weighted by Gasteiger charge is -2.23. The summed E-state index contributed by atoms with van der Waals surface area (Å²) in [4.78, 5) is 7.02. The zero-order valence-corrected chi connectivity index (χ0v) is 22.1. The van der Waals surface area contributed by atoms with Crippen molar-refractivity contribution in [2.75, 3.05) is 25.5 Å².